The first-order valence-electron chi connectivity index (χ1n) is 16.0. The number of aliphatic hydroxyl groups is 1. The molecule has 246 valence electrons. The second-order valence-electron chi connectivity index (χ2n) is 15.2. The molecule has 0 aromatic carbocycles. The zero-order valence-electron chi connectivity index (χ0n) is 28.7. The van der Waals surface area contributed by atoms with Crippen LogP contribution in [0.25, 0.3) is 0 Å². The van der Waals surface area contributed by atoms with Crippen molar-refractivity contribution in [1.82, 2.24) is 0 Å². The molecule has 42 heavy (non-hydrogen) atoms. The van der Waals surface area contributed by atoms with Crippen LogP contribution in [-0.2, 0) is 38.0 Å². The van der Waals surface area contributed by atoms with Gasteiger partial charge in [0.2, 0.25) is 0 Å². The predicted molar refractivity (Wildman–Crippen MR) is 159 cm³/mol. The molecule has 0 aliphatic carbocycles. The van der Waals surface area contributed by atoms with Crippen LogP contribution in [0.4, 0.5) is 0 Å². The van der Waals surface area contributed by atoms with E-state index in [1.165, 1.54) is 0 Å². The van der Waals surface area contributed by atoms with Crippen LogP contribution in [0.5, 0.6) is 0 Å². The van der Waals surface area contributed by atoms with Crippen LogP contribution >= 0.6 is 0 Å². The fourth-order valence-electron chi connectivity index (χ4n) is 7.55. The van der Waals surface area contributed by atoms with E-state index in [0.717, 1.165) is 6.42 Å². The van der Waals surface area contributed by atoms with Crippen LogP contribution in [0.15, 0.2) is 0 Å². The number of carbonyl (C=O) groups excluding carboxylic acids is 1. The topological polar surface area (TPSA) is 102 Å². The van der Waals surface area contributed by atoms with E-state index in [9.17, 15) is 9.90 Å². The first-order valence-corrected chi connectivity index (χ1v) is 16.0. The van der Waals surface area contributed by atoms with Crippen molar-refractivity contribution in [2.45, 2.75) is 170 Å². The lowest BCUT2D eigenvalue weighted by atomic mass is 9.73. The second kappa shape index (κ2) is 12.9. The summed E-state index contributed by atoms with van der Waals surface area (Å²) in [5.41, 5.74) is -2.36. The molecule has 9 heteroatoms. The Hall–Kier alpha value is -0.810. The third-order valence-corrected chi connectivity index (χ3v) is 9.42. The molecule has 3 heterocycles. The number of carbonyl (C=O) groups is 1. The lowest BCUT2D eigenvalue weighted by Crippen LogP contribution is -2.62. The minimum Gasteiger partial charge on any atom is -0.465 e. The van der Waals surface area contributed by atoms with Gasteiger partial charge in [-0.25, -0.2) is 0 Å². The summed E-state index contributed by atoms with van der Waals surface area (Å²) in [5.74, 6) is -1.43. The molecule has 0 amide bonds. The highest BCUT2D eigenvalue weighted by Crippen LogP contribution is 2.46. The van der Waals surface area contributed by atoms with Crippen LogP contribution in [0.2, 0.25) is 0 Å². The molecule has 13 atom stereocenters. The molecule has 0 aromatic rings. The summed E-state index contributed by atoms with van der Waals surface area (Å²) in [6, 6.07) is 0. The van der Waals surface area contributed by atoms with Gasteiger partial charge in [0.15, 0.2) is 18.4 Å². The van der Waals surface area contributed by atoms with Gasteiger partial charge in [0.05, 0.1) is 48.1 Å². The lowest BCUT2D eigenvalue weighted by Gasteiger charge is -2.52. The van der Waals surface area contributed by atoms with Crippen LogP contribution in [-0.4, -0.2) is 77.8 Å². The Morgan fingerprint density at radius 2 is 1.48 bits per heavy atom. The van der Waals surface area contributed by atoms with Gasteiger partial charge in [0.25, 0.3) is 0 Å². The van der Waals surface area contributed by atoms with Crippen LogP contribution in [0.3, 0.4) is 0 Å². The number of hydrogen-bond acceptors (Lipinski definition) is 9. The second-order valence-corrected chi connectivity index (χ2v) is 15.2. The molecule has 0 spiro atoms. The molecule has 0 unspecified atom stereocenters. The van der Waals surface area contributed by atoms with E-state index in [2.05, 4.69) is 27.7 Å². The minimum absolute atomic E-state index is 0.00491. The van der Waals surface area contributed by atoms with Crippen LogP contribution < -0.4 is 0 Å². The molecule has 9 nitrogen and oxygen atoms in total. The maximum absolute atomic E-state index is 12.4. The molecule has 3 fully saturated rings. The molecule has 0 bridgehead atoms. The van der Waals surface area contributed by atoms with Gasteiger partial charge in [-0.15, -0.1) is 0 Å². The van der Waals surface area contributed by atoms with Gasteiger partial charge in [-0.05, 0) is 81.1 Å². The molecule has 0 aromatic heterocycles. The molecule has 3 aliphatic rings. The zero-order valence-corrected chi connectivity index (χ0v) is 28.7. The molecule has 1 N–H and O–H groups in total. The summed E-state index contributed by atoms with van der Waals surface area (Å²) in [4.78, 5) is 12.4. The Labute approximate surface area is 254 Å². The van der Waals surface area contributed by atoms with Gasteiger partial charge in [-0.1, -0.05) is 34.6 Å². The average molecular weight is 601 g/mol. The van der Waals surface area contributed by atoms with E-state index in [-0.39, 0.29) is 67.0 Å². The third-order valence-electron chi connectivity index (χ3n) is 9.42. The Morgan fingerprint density at radius 3 is 2.05 bits per heavy atom. The highest BCUT2D eigenvalue weighted by molar-refractivity contribution is 5.75. The lowest BCUT2D eigenvalue weighted by molar-refractivity contribution is -0.354. The van der Waals surface area contributed by atoms with Crippen LogP contribution in [0.1, 0.15) is 110 Å². The van der Waals surface area contributed by atoms with Gasteiger partial charge in [-0.2, -0.15) is 0 Å². The van der Waals surface area contributed by atoms with E-state index < -0.39 is 34.8 Å². The molecule has 3 saturated heterocycles. The SMILES string of the molecule is CC[C@H]1O[C@H](C)O[C@@]1(C)[C@@H]1O[C@H](C)O[C@@H]([C@H](C)C[C@@](C)(O)[C@@H]2OC(C)(C)O[C@H]([C@@H](C)COC(=O)C(C)(C)C)[C@@H]2C)[C@@H]1C. The summed E-state index contributed by atoms with van der Waals surface area (Å²) in [6.45, 7) is 27.7. The predicted octanol–water partition coefficient (Wildman–Crippen LogP) is 5.84. The van der Waals surface area contributed by atoms with E-state index in [0.29, 0.717) is 6.42 Å². The highest BCUT2D eigenvalue weighted by atomic mass is 16.8. The van der Waals surface area contributed by atoms with Crippen molar-refractivity contribution in [3.8, 4) is 0 Å². The largest absolute Gasteiger partial charge is 0.465 e. The van der Waals surface area contributed by atoms with Gasteiger partial charge < -0.3 is 38.3 Å². The summed E-state index contributed by atoms with van der Waals surface area (Å²) in [5, 5.41) is 12.1. The summed E-state index contributed by atoms with van der Waals surface area (Å²) < 4.78 is 43.6. The van der Waals surface area contributed by atoms with Gasteiger partial charge in [0, 0.05) is 17.8 Å². The maximum Gasteiger partial charge on any atom is 0.311 e. The minimum atomic E-state index is -1.18. The van der Waals surface area contributed by atoms with E-state index in [1.807, 2.05) is 69.2 Å². The zero-order chi connectivity index (χ0) is 32.0. The molecule has 0 radical (unpaired) electrons. The van der Waals surface area contributed by atoms with Crippen molar-refractivity contribution >= 4 is 5.97 Å². The first-order chi connectivity index (χ1) is 19.1. The Bertz CT molecular complexity index is 914. The van der Waals surface area contributed by atoms with Crippen molar-refractivity contribution < 1.29 is 43.1 Å². The standard InChI is InChI=1S/C33H60O9/c1-15-24-33(14,40-23(7)37-24)28-20(4)25(38-22(6)39-28)18(2)16-32(13,35)27-21(5)26(41-31(11,12)42-27)19(3)17-36-29(34)30(8,9)10/h18-28,35H,15-17H2,1-14H3/t18-,19+,20+,21+,22-,23+,24-,25+,26-,27-,28-,32-,33-/m1/s1. The van der Waals surface area contributed by atoms with E-state index in [4.69, 9.17) is 33.2 Å². The normalized spacial score (nSPS) is 42.0. The average Bonchev–Trinajstić information content (AvgIpc) is 3.17. The molecule has 0 saturated carbocycles. The molecule has 3 rings (SSSR count). The third kappa shape index (κ3) is 7.69. The van der Waals surface area contributed by atoms with Gasteiger partial charge >= 0.3 is 5.97 Å². The first kappa shape index (κ1) is 35.7. The van der Waals surface area contributed by atoms with E-state index in [1.54, 1.807) is 0 Å². The summed E-state index contributed by atoms with van der Waals surface area (Å²) in [7, 11) is 0. The summed E-state index contributed by atoms with van der Waals surface area (Å²) >= 11 is 0. The van der Waals surface area contributed by atoms with Crippen molar-refractivity contribution in [3.05, 3.63) is 0 Å². The monoisotopic (exact) mass is 600 g/mol. The Kier molecular flexibility index (Phi) is 10.9. The molecular formula is C33H60O9. The quantitative estimate of drug-likeness (QED) is 0.327. The Morgan fingerprint density at radius 1 is 0.857 bits per heavy atom. The van der Waals surface area contributed by atoms with Crippen molar-refractivity contribution in [2.75, 3.05) is 6.61 Å². The van der Waals surface area contributed by atoms with Crippen molar-refractivity contribution in [1.29, 1.82) is 0 Å². The maximum atomic E-state index is 12.4. The van der Waals surface area contributed by atoms with Gasteiger partial charge in [0.1, 0.15) is 5.60 Å². The molecular weight excluding hydrogens is 540 g/mol. The number of hydrogen-bond donors (Lipinski definition) is 1. The molecule has 3 aliphatic heterocycles. The number of rotatable bonds is 9. The fraction of sp³-hybridized carbons (Fsp3) is 0.970. The summed E-state index contributed by atoms with van der Waals surface area (Å²) in [6.07, 6.45) is -0.708. The van der Waals surface area contributed by atoms with Crippen molar-refractivity contribution in [3.63, 3.8) is 0 Å². The highest BCUT2D eigenvalue weighted by Gasteiger charge is 2.57. The number of ether oxygens (including phenoxy) is 7. The number of esters is 1. The van der Waals surface area contributed by atoms with Gasteiger partial charge in [-0.3, -0.25) is 4.79 Å². The van der Waals surface area contributed by atoms with Crippen molar-refractivity contribution in [2.24, 2.45) is 29.1 Å². The smallest absolute Gasteiger partial charge is 0.311 e. The van der Waals surface area contributed by atoms with E-state index >= 15 is 0 Å². The Balaban J connectivity index is 1.76. The van der Waals surface area contributed by atoms with Crippen LogP contribution in [0, 0.1) is 29.1 Å². The fourth-order valence-corrected chi connectivity index (χ4v) is 7.55.